The van der Waals surface area contributed by atoms with Crippen LogP contribution in [0.25, 0.3) is 0 Å². The van der Waals surface area contributed by atoms with Crippen molar-refractivity contribution in [1.29, 1.82) is 0 Å². The molecule has 1 aliphatic heterocycles. The van der Waals surface area contributed by atoms with Crippen LogP contribution in [0.1, 0.15) is 24.6 Å². The second-order valence-corrected chi connectivity index (χ2v) is 6.52. The highest BCUT2D eigenvalue weighted by Gasteiger charge is 2.20. The van der Waals surface area contributed by atoms with Crippen molar-refractivity contribution in [3.05, 3.63) is 41.9 Å². The van der Waals surface area contributed by atoms with Gasteiger partial charge in [-0.3, -0.25) is 10.1 Å². The smallest absolute Gasteiger partial charge is 0.194 e. The number of aromatic amines is 1. The molecule has 0 spiro atoms. The van der Waals surface area contributed by atoms with Gasteiger partial charge in [0.05, 0.1) is 6.20 Å². The molecule has 8 heteroatoms. The van der Waals surface area contributed by atoms with Gasteiger partial charge in [-0.05, 0) is 44.4 Å². The molecule has 0 aromatic carbocycles. The summed E-state index contributed by atoms with van der Waals surface area (Å²) in [5, 5.41) is 10.5. The highest BCUT2D eigenvalue weighted by atomic mass is 127. The van der Waals surface area contributed by atoms with Crippen molar-refractivity contribution in [3.63, 3.8) is 0 Å². The molecule has 2 aromatic rings. The van der Waals surface area contributed by atoms with Crippen molar-refractivity contribution in [2.75, 3.05) is 44.2 Å². The van der Waals surface area contributed by atoms with Crippen LogP contribution >= 0.6 is 24.0 Å². The number of guanidine groups is 1. The third-order valence-corrected chi connectivity index (χ3v) is 4.69. The van der Waals surface area contributed by atoms with E-state index in [9.17, 15) is 0 Å². The van der Waals surface area contributed by atoms with Crippen LogP contribution in [0.5, 0.6) is 0 Å². The fourth-order valence-corrected chi connectivity index (χ4v) is 3.20. The molecule has 2 aromatic heterocycles. The SMILES string of the molecule is CCNC(=NCCCc1cn[nH]c1C)N1CCN(c2ccccn2)CC1.I. The van der Waals surface area contributed by atoms with Crippen molar-refractivity contribution in [2.45, 2.75) is 26.7 Å². The number of nitrogens with zero attached hydrogens (tertiary/aromatic N) is 5. The van der Waals surface area contributed by atoms with E-state index in [0.717, 1.165) is 69.6 Å². The lowest BCUT2D eigenvalue weighted by molar-refractivity contribution is 0.371. The zero-order valence-corrected chi connectivity index (χ0v) is 18.5. The van der Waals surface area contributed by atoms with Crippen LogP contribution in [-0.4, -0.2) is 65.3 Å². The maximum absolute atomic E-state index is 4.83. The van der Waals surface area contributed by atoms with Gasteiger partial charge in [0.1, 0.15) is 5.82 Å². The summed E-state index contributed by atoms with van der Waals surface area (Å²) in [5.41, 5.74) is 2.45. The van der Waals surface area contributed by atoms with E-state index in [1.165, 1.54) is 5.56 Å². The summed E-state index contributed by atoms with van der Waals surface area (Å²) in [4.78, 5) is 14.0. The Kier molecular flexibility index (Phi) is 8.83. The topological polar surface area (TPSA) is 72.4 Å². The number of anilines is 1. The average Bonchev–Trinajstić information content (AvgIpc) is 3.10. The number of aliphatic imine (C=N–C) groups is 1. The van der Waals surface area contributed by atoms with E-state index in [-0.39, 0.29) is 24.0 Å². The number of hydrogen-bond donors (Lipinski definition) is 2. The highest BCUT2D eigenvalue weighted by molar-refractivity contribution is 14.0. The Morgan fingerprint density at radius 3 is 2.70 bits per heavy atom. The van der Waals surface area contributed by atoms with E-state index >= 15 is 0 Å². The first kappa shape index (κ1) is 21.5. The number of rotatable bonds is 6. The number of nitrogens with one attached hydrogen (secondary N) is 2. The Labute approximate surface area is 178 Å². The molecule has 0 bridgehead atoms. The fraction of sp³-hybridized carbons (Fsp3) is 0.526. The second kappa shape index (κ2) is 11.1. The molecular weight excluding hydrogens is 453 g/mol. The molecular formula is C19H30IN7. The third-order valence-electron chi connectivity index (χ3n) is 4.69. The molecule has 1 aliphatic rings. The lowest BCUT2D eigenvalue weighted by Crippen LogP contribution is -2.52. The minimum atomic E-state index is 0. The number of aromatic nitrogens is 3. The third kappa shape index (κ3) is 6.08. The molecule has 0 aliphatic carbocycles. The maximum Gasteiger partial charge on any atom is 0.194 e. The van der Waals surface area contributed by atoms with Crippen molar-refractivity contribution in [1.82, 2.24) is 25.4 Å². The van der Waals surface area contributed by atoms with Gasteiger partial charge in [0.15, 0.2) is 5.96 Å². The molecule has 148 valence electrons. The standard InChI is InChI=1S/C19H29N7.HI/c1-3-20-19(22-10-6-7-17-15-23-24-16(17)2)26-13-11-25(12-14-26)18-8-4-5-9-21-18;/h4-5,8-9,15H,3,6-7,10-14H2,1-2H3,(H,20,22)(H,23,24);1H. The summed E-state index contributed by atoms with van der Waals surface area (Å²) in [6.45, 7) is 9.76. The van der Waals surface area contributed by atoms with Crippen LogP contribution in [0.4, 0.5) is 5.82 Å². The normalized spacial score (nSPS) is 14.8. The molecule has 0 amide bonds. The van der Waals surface area contributed by atoms with Crippen LogP contribution in [-0.2, 0) is 6.42 Å². The Balaban J connectivity index is 0.00000261. The Morgan fingerprint density at radius 1 is 1.26 bits per heavy atom. The predicted molar refractivity (Wildman–Crippen MR) is 121 cm³/mol. The molecule has 3 rings (SSSR count). The minimum absolute atomic E-state index is 0. The Hall–Kier alpha value is -1.84. The molecule has 0 atom stereocenters. The molecule has 1 saturated heterocycles. The van der Waals surface area contributed by atoms with Gasteiger partial charge in [0, 0.05) is 51.2 Å². The monoisotopic (exact) mass is 483 g/mol. The van der Waals surface area contributed by atoms with Crippen LogP contribution in [0, 0.1) is 6.92 Å². The average molecular weight is 483 g/mol. The summed E-state index contributed by atoms with van der Waals surface area (Å²) >= 11 is 0. The van der Waals surface area contributed by atoms with Gasteiger partial charge in [0.25, 0.3) is 0 Å². The van der Waals surface area contributed by atoms with Crippen molar-refractivity contribution >= 4 is 35.8 Å². The lowest BCUT2D eigenvalue weighted by Gasteiger charge is -2.37. The van der Waals surface area contributed by atoms with E-state index < -0.39 is 0 Å². The van der Waals surface area contributed by atoms with Crippen molar-refractivity contribution in [2.24, 2.45) is 4.99 Å². The van der Waals surface area contributed by atoms with Crippen molar-refractivity contribution in [3.8, 4) is 0 Å². The first-order valence-electron chi connectivity index (χ1n) is 9.46. The van der Waals surface area contributed by atoms with Crippen LogP contribution in [0.2, 0.25) is 0 Å². The highest BCUT2D eigenvalue weighted by Crippen LogP contribution is 2.12. The molecule has 3 heterocycles. The van der Waals surface area contributed by atoms with E-state index in [0.29, 0.717) is 0 Å². The van der Waals surface area contributed by atoms with Gasteiger partial charge in [-0.25, -0.2) is 4.98 Å². The van der Waals surface area contributed by atoms with Gasteiger partial charge >= 0.3 is 0 Å². The number of halogens is 1. The molecule has 27 heavy (non-hydrogen) atoms. The van der Waals surface area contributed by atoms with Crippen LogP contribution in [0.15, 0.2) is 35.6 Å². The van der Waals surface area contributed by atoms with Gasteiger partial charge in [0.2, 0.25) is 0 Å². The maximum atomic E-state index is 4.83. The summed E-state index contributed by atoms with van der Waals surface area (Å²) < 4.78 is 0. The van der Waals surface area contributed by atoms with Gasteiger partial charge < -0.3 is 15.1 Å². The van der Waals surface area contributed by atoms with Gasteiger partial charge in [-0.1, -0.05) is 6.07 Å². The van der Waals surface area contributed by atoms with Gasteiger partial charge in [-0.15, -0.1) is 24.0 Å². The van der Waals surface area contributed by atoms with Gasteiger partial charge in [-0.2, -0.15) is 5.10 Å². The van der Waals surface area contributed by atoms with E-state index in [1.807, 2.05) is 24.5 Å². The molecule has 1 fully saturated rings. The molecule has 0 saturated carbocycles. The predicted octanol–water partition coefficient (Wildman–Crippen LogP) is 2.45. The quantitative estimate of drug-likeness (QED) is 0.286. The molecule has 0 radical (unpaired) electrons. The summed E-state index contributed by atoms with van der Waals surface area (Å²) in [5.74, 6) is 2.08. The Morgan fingerprint density at radius 2 is 2.07 bits per heavy atom. The van der Waals surface area contributed by atoms with E-state index in [2.05, 4.69) is 50.2 Å². The molecule has 0 unspecified atom stereocenters. The number of piperazine rings is 1. The van der Waals surface area contributed by atoms with Crippen LogP contribution < -0.4 is 10.2 Å². The van der Waals surface area contributed by atoms with Crippen molar-refractivity contribution < 1.29 is 0 Å². The van der Waals surface area contributed by atoms with E-state index in [4.69, 9.17) is 4.99 Å². The molecule has 7 nitrogen and oxygen atoms in total. The zero-order chi connectivity index (χ0) is 18.2. The summed E-state index contributed by atoms with van der Waals surface area (Å²) in [6.07, 6.45) is 5.82. The Bertz CT molecular complexity index is 693. The number of pyridine rings is 1. The lowest BCUT2D eigenvalue weighted by atomic mass is 10.1. The number of hydrogen-bond acceptors (Lipinski definition) is 4. The second-order valence-electron chi connectivity index (χ2n) is 6.52. The zero-order valence-electron chi connectivity index (χ0n) is 16.2. The summed E-state index contributed by atoms with van der Waals surface area (Å²) in [7, 11) is 0. The summed E-state index contributed by atoms with van der Waals surface area (Å²) in [6, 6.07) is 6.08. The van der Waals surface area contributed by atoms with E-state index in [1.54, 1.807) is 0 Å². The van der Waals surface area contributed by atoms with Crippen LogP contribution in [0.3, 0.4) is 0 Å². The fourth-order valence-electron chi connectivity index (χ4n) is 3.20. The first-order chi connectivity index (χ1) is 12.8. The number of H-pyrrole nitrogens is 1. The first-order valence-corrected chi connectivity index (χ1v) is 9.46. The minimum Gasteiger partial charge on any atom is -0.357 e. The molecule has 2 N–H and O–H groups in total. The largest absolute Gasteiger partial charge is 0.357 e. The number of aryl methyl sites for hydroxylation is 2.